The number of hydrogen-bond donors (Lipinski definition) is 1. The van der Waals surface area contributed by atoms with Gasteiger partial charge in [-0.15, -0.1) is 0 Å². The fourth-order valence-electron chi connectivity index (χ4n) is 1.50. The molecule has 2 aromatic heterocycles. The molecule has 1 aliphatic carbocycles. The van der Waals surface area contributed by atoms with Crippen LogP contribution in [0.1, 0.15) is 30.1 Å². The van der Waals surface area contributed by atoms with Gasteiger partial charge >= 0.3 is 0 Å². The Kier molecular flexibility index (Phi) is 2.51. The first kappa shape index (κ1) is 10.6. The van der Waals surface area contributed by atoms with E-state index in [1.807, 2.05) is 6.92 Å². The molecule has 88 valence electrons. The Morgan fingerprint density at radius 3 is 2.88 bits per heavy atom. The van der Waals surface area contributed by atoms with Gasteiger partial charge in [-0.2, -0.15) is 0 Å². The predicted octanol–water partition coefficient (Wildman–Crippen LogP) is 2.38. The molecule has 5 nitrogen and oxygen atoms in total. The maximum Gasteiger partial charge on any atom is 0.261 e. The molecule has 0 bridgehead atoms. The van der Waals surface area contributed by atoms with E-state index in [0.29, 0.717) is 17.0 Å². The van der Waals surface area contributed by atoms with Crippen LogP contribution in [0, 0.1) is 6.92 Å². The van der Waals surface area contributed by atoms with Crippen LogP contribution in [-0.4, -0.2) is 15.0 Å². The zero-order valence-electron chi connectivity index (χ0n) is 9.38. The van der Waals surface area contributed by atoms with E-state index in [2.05, 4.69) is 15.0 Å². The average molecular weight is 248 g/mol. The molecule has 0 saturated heterocycles. The Labute approximate surface area is 103 Å². The van der Waals surface area contributed by atoms with Crippen molar-refractivity contribution in [2.45, 2.75) is 35.9 Å². The van der Waals surface area contributed by atoms with Gasteiger partial charge in [0.2, 0.25) is 0 Å². The van der Waals surface area contributed by atoms with E-state index in [4.69, 9.17) is 10.2 Å². The summed E-state index contributed by atoms with van der Waals surface area (Å²) < 4.78 is 5.20. The van der Waals surface area contributed by atoms with Crippen LogP contribution in [0.5, 0.6) is 0 Å². The number of nitrogens with two attached hydrogens (primary N) is 1. The Morgan fingerprint density at radius 1 is 1.41 bits per heavy atom. The summed E-state index contributed by atoms with van der Waals surface area (Å²) in [7, 11) is 0. The molecule has 0 unspecified atom stereocenters. The predicted molar refractivity (Wildman–Crippen MR) is 63.8 cm³/mol. The lowest BCUT2D eigenvalue weighted by Crippen LogP contribution is -2.03. The Bertz CT molecular complexity index is 537. The standard InChI is InChI=1S/C11H12N4OS/c1-6-8(12)14-9(7-2-3-7)15-10(6)17-11-13-4-5-16-11/h4-5,7H,2-3H2,1H3,(H2,12,14,15). The van der Waals surface area contributed by atoms with E-state index in [1.54, 1.807) is 12.5 Å². The van der Waals surface area contributed by atoms with Crippen molar-refractivity contribution >= 4 is 17.6 Å². The van der Waals surface area contributed by atoms with Crippen LogP contribution in [0.15, 0.2) is 27.1 Å². The lowest BCUT2D eigenvalue weighted by Gasteiger charge is -2.07. The summed E-state index contributed by atoms with van der Waals surface area (Å²) in [6.07, 6.45) is 5.48. The van der Waals surface area contributed by atoms with E-state index >= 15 is 0 Å². The van der Waals surface area contributed by atoms with Gasteiger partial charge in [0.15, 0.2) is 0 Å². The summed E-state index contributed by atoms with van der Waals surface area (Å²) in [5, 5.41) is 1.41. The van der Waals surface area contributed by atoms with Crippen molar-refractivity contribution in [1.29, 1.82) is 0 Å². The summed E-state index contributed by atoms with van der Waals surface area (Å²) >= 11 is 1.39. The fourth-order valence-corrected chi connectivity index (χ4v) is 2.28. The normalized spacial score (nSPS) is 15.1. The minimum Gasteiger partial charge on any atom is -0.440 e. The third-order valence-corrected chi connectivity index (χ3v) is 3.66. The number of nitrogens with zero attached hydrogens (tertiary/aromatic N) is 3. The van der Waals surface area contributed by atoms with Gasteiger partial charge in [0, 0.05) is 11.5 Å². The molecule has 0 spiro atoms. The van der Waals surface area contributed by atoms with Crippen LogP contribution in [-0.2, 0) is 0 Å². The lowest BCUT2D eigenvalue weighted by atomic mass is 10.3. The molecule has 2 heterocycles. The van der Waals surface area contributed by atoms with Crippen LogP contribution in [0.3, 0.4) is 0 Å². The largest absolute Gasteiger partial charge is 0.440 e. The third-order valence-electron chi connectivity index (χ3n) is 2.69. The van der Waals surface area contributed by atoms with Gasteiger partial charge in [-0.3, -0.25) is 0 Å². The van der Waals surface area contributed by atoms with Crippen molar-refractivity contribution in [3.05, 3.63) is 23.8 Å². The monoisotopic (exact) mass is 248 g/mol. The highest BCUT2D eigenvalue weighted by molar-refractivity contribution is 7.99. The Hall–Kier alpha value is -1.56. The Balaban J connectivity index is 1.96. The molecule has 6 heteroatoms. The van der Waals surface area contributed by atoms with Gasteiger partial charge in [0.1, 0.15) is 22.9 Å². The minimum atomic E-state index is 0.488. The minimum absolute atomic E-state index is 0.488. The van der Waals surface area contributed by atoms with E-state index in [0.717, 1.165) is 29.3 Å². The summed E-state index contributed by atoms with van der Waals surface area (Å²) in [5.74, 6) is 1.89. The van der Waals surface area contributed by atoms with Crippen molar-refractivity contribution in [2.24, 2.45) is 0 Å². The number of aromatic nitrogens is 3. The molecule has 0 aromatic carbocycles. The first-order valence-electron chi connectivity index (χ1n) is 5.45. The SMILES string of the molecule is Cc1c(N)nc(C2CC2)nc1Sc1ncco1. The quantitative estimate of drug-likeness (QED) is 0.840. The van der Waals surface area contributed by atoms with Gasteiger partial charge in [-0.25, -0.2) is 15.0 Å². The second kappa shape index (κ2) is 4.03. The number of hydrogen-bond acceptors (Lipinski definition) is 6. The second-order valence-corrected chi connectivity index (χ2v) is 5.01. The maximum absolute atomic E-state index is 5.90. The molecule has 2 N–H and O–H groups in total. The van der Waals surface area contributed by atoms with Crippen molar-refractivity contribution in [2.75, 3.05) is 5.73 Å². The molecule has 2 aromatic rings. The molecule has 0 radical (unpaired) electrons. The molecule has 3 rings (SSSR count). The molecular weight excluding hydrogens is 236 g/mol. The van der Waals surface area contributed by atoms with E-state index in [1.165, 1.54) is 11.8 Å². The molecule has 1 saturated carbocycles. The number of anilines is 1. The highest BCUT2D eigenvalue weighted by Crippen LogP contribution is 2.40. The first-order valence-corrected chi connectivity index (χ1v) is 6.27. The van der Waals surface area contributed by atoms with Gasteiger partial charge in [0.25, 0.3) is 5.22 Å². The second-order valence-electron chi connectivity index (χ2n) is 4.07. The number of oxazole rings is 1. The van der Waals surface area contributed by atoms with Crippen LogP contribution >= 0.6 is 11.8 Å². The summed E-state index contributed by atoms with van der Waals surface area (Å²) in [5.41, 5.74) is 6.79. The molecule has 0 amide bonds. The van der Waals surface area contributed by atoms with Crippen molar-refractivity contribution in [3.8, 4) is 0 Å². The van der Waals surface area contributed by atoms with Crippen LogP contribution in [0.25, 0.3) is 0 Å². The molecular formula is C11H12N4OS. The molecule has 1 aliphatic rings. The smallest absolute Gasteiger partial charge is 0.261 e. The molecule has 17 heavy (non-hydrogen) atoms. The van der Waals surface area contributed by atoms with Crippen LogP contribution < -0.4 is 5.73 Å². The van der Waals surface area contributed by atoms with Crippen molar-refractivity contribution in [3.63, 3.8) is 0 Å². The van der Waals surface area contributed by atoms with E-state index < -0.39 is 0 Å². The Morgan fingerprint density at radius 2 is 2.24 bits per heavy atom. The van der Waals surface area contributed by atoms with Crippen LogP contribution in [0.2, 0.25) is 0 Å². The third kappa shape index (κ3) is 2.12. The zero-order chi connectivity index (χ0) is 11.8. The number of nitrogen functional groups attached to an aromatic ring is 1. The molecule has 1 fully saturated rings. The summed E-state index contributed by atoms with van der Waals surface area (Å²) in [6.45, 7) is 1.91. The van der Waals surface area contributed by atoms with E-state index in [9.17, 15) is 0 Å². The highest BCUT2D eigenvalue weighted by atomic mass is 32.2. The molecule has 0 atom stereocenters. The fraction of sp³-hybridized carbons (Fsp3) is 0.364. The lowest BCUT2D eigenvalue weighted by molar-refractivity contribution is 0.454. The van der Waals surface area contributed by atoms with Gasteiger partial charge < -0.3 is 10.2 Å². The van der Waals surface area contributed by atoms with Crippen molar-refractivity contribution < 1.29 is 4.42 Å². The topological polar surface area (TPSA) is 77.8 Å². The van der Waals surface area contributed by atoms with Crippen molar-refractivity contribution in [1.82, 2.24) is 15.0 Å². The first-order chi connectivity index (χ1) is 8.24. The average Bonchev–Trinajstić information content (AvgIpc) is 3.04. The summed E-state index contributed by atoms with van der Waals surface area (Å²) in [4.78, 5) is 12.9. The van der Waals surface area contributed by atoms with Crippen LogP contribution in [0.4, 0.5) is 5.82 Å². The van der Waals surface area contributed by atoms with E-state index in [-0.39, 0.29) is 0 Å². The van der Waals surface area contributed by atoms with Gasteiger partial charge in [-0.05, 0) is 31.5 Å². The van der Waals surface area contributed by atoms with Gasteiger partial charge in [-0.1, -0.05) is 0 Å². The van der Waals surface area contributed by atoms with Gasteiger partial charge in [0.05, 0.1) is 6.20 Å². The maximum atomic E-state index is 5.90. The molecule has 0 aliphatic heterocycles. The summed E-state index contributed by atoms with van der Waals surface area (Å²) in [6, 6.07) is 0. The zero-order valence-corrected chi connectivity index (χ0v) is 10.2. The number of rotatable bonds is 3. The highest BCUT2D eigenvalue weighted by Gasteiger charge is 2.28.